The summed E-state index contributed by atoms with van der Waals surface area (Å²) in [5, 5.41) is 10.5. The molecule has 2 aliphatic heterocycles. The monoisotopic (exact) mass is 657 g/mol. The van der Waals surface area contributed by atoms with E-state index in [4.69, 9.17) is 23.2 Å². The van der Waals surface area contributed by atoms with Gasteiger partial charge in [0.05, 0.1) is 5.56 Å². The first-order chi connectivity index (χ1) is 19.6. The SMILES string of the molecule is CN(C)C(=O)NC1CCCN(C(=O)c2ccc(Br)cc2N[C@]2(Cc3cccc(Cl)c3)C(=O)Nc3cc(Cl)ccc32)C1. The molecule has 0 spiro atoms. The highest BCUT2D eigenvalue weighted by Gasteiger charge is 2.47. The fourth-order valence-electron chi connectivity index (χ4n) is 5.43. The molecule has 11 heteroatoms. The third-order valence-electron chi connectivity index (χ3n) is 7.44. The Labute approximate surface area is 257 Å². The van der Waals surface area contributed by atoms with E-state index in [0.29, 0.717) is 40.1 Å². The van der Waals surface area contributed by atoms with Crippen LogP contribution >= 0.6 is 39.1 Å². The van der Waals surface area contributed by atoms with Gasteiger partial charge >= 0.3 is 6.03 Å². The molecule has 0 aliphatic carbocycles. The van der Waals surface area contributed by atoms with Crippen molar-refractivity contribution in [2.75, 3.05) is 37.8 Å². The van der Waals surface area contributed by atoms with Gasteiger partial charge in [-0.1, -0.05) is 57.3 Å². The van der Waals surface area contributed by atoms with Gasteiger partial charge in [-0.15, -0.1) is 0 Å². The van der Waals surface area contributed by atoms with Gasteiger partial charge in [0.2, 0.25) is 0 Å². The average Bonchev–Trinajstić information content (AvgIpc) is 3.18. The number of nitrogens with zero attached hydrogens (tertiary/aromatic N) is 2. The number of hydrogen-bond donors (Lipinski definition) is 3. The molecule has 3 aromatic carbocycles. The number of benzene rings is 3. The molecule has 3 N–H and O–H groups in total. The van der Waals surface area contributed by atoms with Crippen LogP contribution in [0.1, 0.15) is 34.3 Å². The lowest BCUT2D eigenvalue weighted by Gasteiger charge is -2.35. The zero-order chi connectivity index (χ0) is 29.3. The molecular weight excluding hydrogens is 629 g/mol. The van der Waals surface area contributed by atoms with Crippen LogP contribution < -0.4 is 16.0 Å². The number of anilines is 2. The maximum Gasteiger partial charge on any atom is 0.317 e. The highest BCUT2D eigenvalue weighted by Crippen LogP contribution is 2.43. The van der Waals surface area contributed by atoms with Crippen LogP contribution in [0.5, 0.6) is 0 Å². The summed E-state index contributed by atoms with van der Waals surface area (Å²) in [5.74, 6) is -0.450. The third kappa shape index (κ3) is 6.17. The molecule has 214 valence electrons. The molecule has 0 radical (unpaired) electrons. The maximum absolute atomic E-state index is 14.0. The van der Waals surface area contributed by atoms with Crippen molar-refractivity contribution in [3.05, 3.63) is 91.9 Å². The molecule has 3 aromatic rings. The highest BCUT2D eigenvalue weighted by molar-refractivity contribution is 9.10. The molecule has 2 heterocycles. The minimum Gasteiger partial charge on any atom is -0.367 e. The molecule has 1 fully saturated rings. The second-order valence-electron chi connectivity index (χ2n) is 10.6. The Morgan fingerprint density at radius 1 is 1.10 bits per heavy atom. The molecule has 1 saturated heterocycles. The molecule has 2 atom stereocenters. The van der Waals surface area contributed by atoms with Crippen LogP contribution in [0, 0.1) is 0 Å². The number of piperidine rings is 1. The zero-order valence-electron chi connectivity index (χ0n) is 22.6. The third-order valence-corrected chi connectivity index (χ3v) is 8.40. The smallest absolute Gasteiger partial charge is 0.317 e. The molecule has 1 unspecified atom stereocenters. The van der Waals surface area contributed by atoms with E-state index in [-0.39, 0.29) is 30.3 Å². The fourth-order valence-corrected chi connectivity index (χ4v) is 6.18. The van der Waals surface area contributed by atoms with E-state index in [1.54, 1.807) is 49.3 Å². The van der Waals surface area contributed by atoms with Crippen molar-refractivity contribution in [1.29, 1.82) is 0 Å². The predicted molar refractivity (Wildman–Crippen MR) is 166 cm³/mol. The number of rotatable bonds is 6. The summed E-state index contributed by atoms with van der Waals surface area (Å²) >= 11 is 16.1. The van der Waals surface area contributed by atoms with Gasteiger partial charge in [-0.25, -0.2) is 4.79 Å². The Balaban J connectivity index is 1.52. The summed E-state index contributed by atoms with van der Waals surface area (Å²) in [7, 11) is 3.37. The summed E-state index contributed by atoms with van der Waals surface area (Å²) < 4.78 is 0.749. The molecule has 8 nitrogen and oxygen atoms in total. The summed E-state index contributed by atoms with van der Waals surface area (Å²) in [6.07, 6.45) is 1.83. The zero-order valence-corrected chi connectivity index (χ0v) is 25.7. The summed E-state index contributed by atoms with van der Waals surface area (Å²) in [6.45, 7) is 0.960. The first-order valence-corrected chi connectivity index (χ1v) is 14.8. The van der Waals surface area contributed by atoms with E-state index in [2.05, 4.69) is 31.9 Å². The van der Waals surface area contributed by atoms with Crippen LogP contribution in [0.15, 0.2) is 65.1 Å². The van der Waals surface area contributed by atoms with Crippen molar-refractivity contribution in [2.45, 2.75) is 30.8 Å². The van der Waals surface area contributed by atoms with Crippen LogP contribution in [-0.2, 0) is 16.8 Å². The molecule has 0 aromatic heterocycles. The molecule has 4 amide bonds. The molecule has 0 saturated carbocycles. The van der Waals surface area contributed by atoms with Gasteiger partial charge in [0.1, 0.15) is 5.54 Å². The van der Waals surface area contributed by atoms with Gasteiger partial charge < -0.3 is 25.8 Å². The van der Waals surface area contributed by atoms with Crippen LogP contribution in [0.2, 0.25) is 10.0 Å². The van der Waals surface area contributed by atoms with Crippen molar-refractivity contribution < 1.29 is 14.4 Å². The standard InChI is InChI=1S/C30H30BrCl2N5O3/c1-37(2)29(41)34-22-7-4-12-38(17-22)27(39)23-10-8-19(31)14-25(23)36-30(16-18-5-3-6-20(32)13-18)24-11-9-21(33)15-26(24)35-28(30)40/h3,5-6,8-11,13-15,22,36H,4,7,12,16-17H2,1-2H3,(H,34,41)(H,35,40)/t22?,30-/m0/s1. The summed E-state index contributed by atoms with van der Waals surface area (Å²) in [4.78, 5) is 43.3. The average molecular weight is 659 g/mol. The van der Waals surface area contributed by atoms with Crippen molar-refractivity contribution >= 4 is 68.4 Å². The Bertz CT molecular complexity index is 1520. The van der Waals surface area contributed by atoms with Crippen LogP contribution in [-0.4, -0.2) is 60.9 Å². The normalized spacial score (nSPS) is 19.8. The van der Waals surface area contributed by atoms with E-state index in [1.165, 1.54) is 4.90 Å². The molecule has 2 aliphatic rings. The number of nitrogens with one attached hydrogen (secondary N) is 3. The topological polar surface area (TPSA) is 93.8 Å². The molecule has 0 bridgehead atoms. The number of carbonyl (C=O) groups is 3. The minimum absolute atomic E-state index is 0.152. The largest absolute Gasteiger partial charge is 0.367 e. The number of halogens is 3. The minimum atomic E-state index is -1.25. The van der Waals surface area contributed by atoms with E-state index < -0.39 is 5.54 Å². The van der Waals surface area contributed by atoms with Gasteiger partial charge in [-0.2, -0.15) is 0 Å². The number of amides is 4. The van der Waals surface area contributed by atoms with E-state index in [1.807, 2.05) is 30.3 Å². The van der Waals surface area contributed by atoms with Gasteiger partial charge in [0, 0.05) is 71.1 Å². The van der Waals surface area contributed by atoms with E-state index in [9.17, 15) is 14.4 Å². The van der Waals surface area contributed by atoms with Crippen LogP contribution in [0.25, 0.3) is 0 Å². The first-order valence-electron chi connectivity index (χ1n) is 13.3. The summed E-state index contributed by atoms with van der Waals surface area (Å²) in [5.41, 5.74) is 1.86. The first kappa shape index (κ1) is 29.2. The van der Waals surface area contributed by atoms with Crippen LogP contribution in [0.4, 0.5) is 16.2 Å². The Hall–Kier alpha value is -3.27. The second kappa shape index (κ2) is 11.9. The number of urea groups is 1. The van der Waals surface area contributed by atoms with Crippen molar-refractivity contribution in [3.63, 3.8) is 0 Å². The quantitative estimate of drug-likeness (QED) is 0.297. The highest BCUT2D eigenvalue weighted by atomic mass is 79.9. The van der Waals surface area contributed by atoms with Crippen LogP contribution in [0.3, 0.4) is 0 Å². The predicted octanol–water partition coefficient (Wildman–Crippen LogP) is 6.13. The molecule has 41 heavy (non-hydrogen) atoms. The van der Waals surface area contributed by atoms with Crippen molar-refractivity contribution in [1.82, 2.24) is 15.1 Å². The number of carbonyl (C=O) groups excluding carboxylic acids is 3. The Kier molecular flexibility index (Phi) is 8.50. The number of likely N-dealkylation sites (tertiary alicyclic amines) is 1. The van der Waals surface area contributed by atoms with Gasteiger partial charge in [0.15, 0.2) is 0 Å². The molecule has 5 rings (SSSR count). The van der Waals surface area contributed by atoms with E-state index >= 15 is 0 Å². The Morgan fingerprint density at radius 2 is 1.88 bits per heavy atom. The van der Waals surface area contributed by atoms with Crippen molar-refractivity contribution in [2.24, 2.45) is 0 Å². The maximum atomic E-state index is 14.0. The lowest BCUT2D eigenvalue weighted by molar-refractivity contribution is -0.119. The summed E-state index contributed by atoms with van der Waals surface area (Å²) in [6, 6.07) is 17.7. The number of hydrogen-bond acceptors (Lipinski definition) is 4. The van der Waals surface area contributed by atoms with Gasteiger partial charge in [0.25, 0.3) is 11.8 Å². The molecular formula is C30H30BrCl2N5O3. The van der Waals surface area contributed by atoms with Gasteiger partial charge in [-0.3, -0.25) is 9.59 Å². The number of fused-ring (bicyclic) bond motifs is 1. The van der Waals surface area contributed by atoms with Crippen molar-refractivity contribution in [3.8, 4) is 0 Å². The fraction of sp³-hybridized carbons (Fsp3) is 0.300. The van der Waals surface area contributed by atoms with Gasteiger partial charge in [-0.05, 0) is 60.9 Å². The van der Waals surface area contributed by atoms with E-state index in [0.717, 1.165) is 28.4 Å². The second-order valence-corrected chi connectivity index (χ2v) is 12.4. The Morgan fingerprint density at radius 3 is 2.63 bits per heavy atom. The lowest BCUT2D eigenvalue weighted by Crippen LogP contribution is -2.51. The lowest BCUT2D eigenvalue weighted by atomic mass is 9.84.